The Hall–Kier alpha value is -2.55. The third-order valence-corrected chi connectivity index (χ3v) is 4.49. The summed E-state index contributed by atoms with van der Waals surface area (Å²) < 4.78 is 19.6. The number of halogens is 1. The molecule has 0 unspecified atom stereocenters. The van der Waals surface area contributed by atoms with Crippen LogP contribution in [-0.2, 0) is 16.1 Å². The molecule has 0 saturated heterocycles. The van der Waals surface area contributed by atoms with Gasteiger partial charge in [-0.05, 0) is 31.5 Å². The Balaban J connectivity index is 1.84. The molecule has 7 nitrogen and oxygen atoms in total. The average molecular weight is 361 g/mol. The number of carbonyl (C=O) groups is 1. The highest BCUT2D eigenvalue weighted by atomic mass is 32.2. The smallest absolute Gasteiger partial charge is 0.319 e. The maximum absolute atomic E-state index is 13.0. The van der Waals surface area contributed by atoms with Crippen LogP contribution in [0.2, 0.25) is 0 Å². The van der Waals surface area contributed by atoms with Gasteiger partial charge in [-0.15, -0.1) is 5.10 Å². The topological polar surface area (TPSA) is 82.8 Å². The van der Waals surface area contributed by atoms with Crippen molar-refractivity contribution in [1.29, 1.82) is 0 Å². The van der Waals surface area contributed by atoms with E-state index >= 15 is 0 Å². The Labute approximate surface area is 147 Å². The van der Waals surface area contributed by atoms with E-state index in [2.05, 4.69) is 20.3 Å². The summed E-state index contributed by atoms with van der Waals surface area (Å²) in [7, 11) is 0. The number of ether oxygens (including phenoxy) is 1. The fourth-order valence-electron chi connectivity index (χ4n) is 2.20. The van der Waals surface area contributed by atoms with Gasteiger partial charge in [-0.1, -0.05) is 29.1 Å². The molecule has 1 atom stereocenters. The van der Waals surface area contributed by atoms with E-state index in [-0.39, 0.29) is 11.8 Å². The van der Waals surface area contributed by atoms with Crippen molar-refractivity contribution in [2.75, 3.05) is 6.61 Å². The molecule has 0 amide bonds. The second-order valence-electron chi connectivity index (χ2n) is 5.24. The second kappa shape index (κ2) is 7.56. The number of carbonyl (C=O) groups excluding carboxylic acids is 1. The van der Waals surface area contributed by atoms with Gasteiger partial charge in [0.05, 0.1) is 13.2 Å². The number of thioether (sulfide) groups is 1. The number of benzene rings is 1. The third-order valence-electron chi connectivity index (χ3n) is 3.42. The Morgan fingerprint density at radius 1 is 1.32 bits per heavy atom. The molecule has 0 aliphatic heterocycles. The normalized spacial score (nSPS) is 12.3. The van der Waals surface area contributed by atoms with Crippen LogP contribution in [0.15, 0.2) is 35.6 Å². The molecule has 3 aromatic rings. The van der Waals surface area contributed by atoms with Gasteiger partial charge in [-0.2, -0.15) is 0 Å². The summed E-state index contributed by atoms with van der Waals surface area (Å²) in [5, 5.41) is 8.38. The summed E-state index contributed by atoms with van der Waals surface area (Å²) in [6.07, 6.45) is 1.41. The zero-order chi connectivity index (χ0) is 17.8. The molecule has 130 valence electrons. The molecule has 0 aliphatic carbocycles. The molecule has 2 aromatic heterocycles. The molecular weight excluding hydrogens is 345 g/mol. The van der Waals surface area contributed by atoms with Gasteiger partial charge < -0.3 is 4.74 Å². The van der Waals surface area contributed by atoms with Crippen LogP contribution in [-0.4, -0.2) is 42.8 Å². The van der Waals surface area contributed by atoms with Crippen molar-refractivity contribution < 1.29 is 13.9 Å². The van der Waals surface area contributed by atoms with Gasteiger partial charge in [0.1, 0.15) is 22.4 Å². The first-order valence-corrected chi connectivity index (χ1v) is 8.58. The molecule has 3 rings (SSSR count). The molecule has 0 fully saturated rings. The van der Waals surface area contributed by atoms with Gasteiger partial charge in [0, 0.05) is 0 Å². The van der Waals surface area contributed by atoms with Gasteiger partial charge in [-0.3, -0.25) is 4.79 Å². The maximum atomic E-state index is 13.0. The first kappa shape index (κ1) is 17.3. The van der Waals surface area contributed by atoms with E-state index in [0.29, 0.717) is 29.3 Å². The molecule has 25 heavy (non-hydrogen) atoms. The third kappa shape index (κ3) is 3.93. The fourth-order valence-corrected chi connectivity index (χ4v) is 3.05. The lowest BCUT2D eigenvalue weighted by atomic mass is 10.2. The molecule has 0 aliphatic rings. The molecule has 0 spiro atoms. The molecule has 0 saturated carbocycles. The predicted octanol–water partition coefficient (Wildman–Crippen LogP) is 2.45. The lowest BCUT2D eigenvalue weighted by molar-refractivity contribution is -0.142. The number of fused-ring (bicyclic) bond motifs is 1. The van der Waals surface area contributed by atoms with Crippen molar-refractivity contribution in [3.05, 3.63) is 42.0 Å². The lowest BCUT2D eigenvalue weighted by Gasteiger charge is -2.09. The fraction of sp³-hybridized carbons (Fsp3) is 0.312. The van der Waals surface area contributed by atoms with E-state index in [1.54, 1.807) is 30.7 Å². The molecular formula is C16H16FN5O2S. The minimum Gasteiger partial charge on any atom is -0.465 e. The van der Waals surface area contributed by atoms with Gasteiger partial charge in [0.25, 0.3) is 0 Å². The van der Waals surface area contributed by atoms with E-state index in [4.69, 9.17) is 4.74 Å². The van der Waals surface area contributed by atoms with Crippen LogP contribution in [0.4, 0.5) is 4.39 Å². The van der Waals surface area contributed by atoms with Crippen LogP contribution in [0.5, 0.6) is 0 Å². The quantitative estimate of drug-likeness (QED) is 0.379. The van der Waals surface area contributed by atoms with Crippen molar-refractivity contribution in [2.45, 2.75) is 30.7 Å². The first-order chi connectivity index (χ1) is 12.1. The van der Waals surface area contributed by atoms with E-state index < -0.39 is 5.25 Å². The highest BCUT2D eigenvalue weighted by Gasteiger charge is 2.20. The van der Waals surface area contributed by atoms with Crippen molar-refractivity contribution in [1.82, 2.24) is 25.0 Å². The lowest BCUT2D eigenvalue weighted by Crippen LogP contribution is -2.16. The van der Waals surface area contributed by atoms with Crippen LogP contribution in [0.25, 0.3) is 11.2 Å². The molecule has 0 radical (unpaired) electrons. The van der Waals surface area contributed by atoms with Gasteiger partial charge in [-0.25, -0.2) is 19.0 Å². The van der Waals surface area contributed by atoms with E-state index in [0.717, 1.165) is 5.56 Å². The summed E-state index contributed by atoms with van der Waals surface area (Å²) in [6.45, 7) is 4.25. The average Bonchev–Trinajstić information content (AvgIpc) is 3.01. The summed E-state index contributed by atoms with van der Waals surface area (Å²) >= 11 is 1.25. The van der Waals surface area contributed by atoms with E-state index in [9.17, 15) is 9.18 Å². The van der Waals surface area contributed by atoms with E-state index in [1.165, 1.54) is 30.2 Å². The highest BCUT2D eigenvalue weighted by molar-refractivity contribution is 8.00. The largest absolute Gasteiger partial charge is 0.465 e. The monoisotopic (exact) mass is 361 g/mol. The van der Waals surface area contributed by atoms with Crippen molar-refractivity contribution >= 4 is 28.9 Å². The number of rotatable bonds is 6. The number of aromatic nitrogens is 5. The summed E-state index contributed by atoms with van der Waals surface area (Å²) in [4.78, 5) is 20.2. The van der Waals surface area contributed by atoms with Crippen molar-refractivity contribution in [3.63, 3.8) is 0 Å². The zero-order valence-corrected chi connectivity index (χ0v) is 14.5. The zero-order valence-electron chi connectivity index (χ0n) is 13.7. The SMILES string of the molecule is CCOC(=O)[C@H](C)Sc1ncnc2c1nnn2Cc1ccc(F)cc1. The van der Waals surface area contributed by atoms with Crippen LogP contribution in [0.1, 0.15) is 19.4 Å². The summed E-state index contributed by atoms with van der Waals surface area (Å²) in [5.74, 6) is -0.598. The minimum absolute atomic E-state index is 0.291. The van der Waals surface area contributed by atoms with E-state index in [1.807, 2.05) is 0 Å². The van der Waals surface area contributed by atoms with Crippen LogP contribution in [0, 0.1) is 5.82 Å². The number of hydrogen-bond donors (Lipinski definition) is 0. The van der Waals surface area contributed by atoms with Crippen LogP contribution >= 0.6 is 11.8 Å². The Morgan fingerprint density at radius 2 is 2.08 bits per heavy atom. The Kier molecular flexibility index (Phi) is 5.22. The highest BCUT2D eigenvalue weighted by Crippen LogP contribution is 2.27. The van der Waals surface area contributed by atoms with Crippen LogP contribution in [0.3, 0.4) is 0 Å². The predicted molar refractivity (Wildman–Crippen MR) is 90.6 cm³/mol. The standard InChI is InChI=1S/C16H16FN5O2S/c1-3-24-16(23)10(2)25-15-13-14(18-9-19-15)22(21-20-13)8-11-4-6-12(17)7-5-11/h4-7,9-10H,3,8H2,1-2H3/t10-/m0/s1. The maximum Gasteiger partial charge on any atom is 0.319 e. The molecule has 0 N–H and O–H groups in total. The molecule has 1 aromatic carbocycles. The molecule has 9 heteroatoms. The summed E-state index contributed by atoms with van der Waals surface area (Å²) in [5.41, 5.74) is 1.95. The van der Waals surface area contributed by atoms with Gasteiger partial charge in [0.2, 0.25) is 0 Å². The molecule has 0 bridgehead atoms. The minimum atomic E-state index is -0.416. The van der Waals surface area contributed by atoms with Gasteiger partial charge >= 0.3 is 5.97 Å². The Bertz CT molecular complexity index is 884. The van der Waals surface area contributed by atoms with Crippen LogP contribution < -0.4 is 0 Å². The number of hydrogen-bond acceptors (Lipinski definition) is 7. The number of esters is 1. The summed E-state index contributed by atoms with van der Waals surface area (Å²) in [6, 6.07) is 6.16. The Morgan fingerprint density at radius 3 is 2.80 bits per heavy atom. The van der Waals surface area contributed by atoms with Crippen molar-refractivity contribution in [3.8, 4) is 0 Å². The van der Waals surface area contributed by atoms with Gasteiger partial charge in [0.15, 0.2) is 11.2 Å². The first-order valence-electron chi connectivity index (χ1n) is 7.70. The molecule has 2 heterocycles. The number of nitrogens with zero attached hydrogens (tertiary/aromatic N) is 5. The van der Waals surface area contributed by atoms with Crippen molar-refractivity contribution in [2.24, 2.45) is 0 Å². The second-order valence-corrected chi connectivity index (χ2v) is 6.57.